The van der Waals surface area contributed by atoms with E-state index >= 15 is 0 Å². The molecule has 0 aromatic heterocycles. The molecule has 1 saturated heterocycles. The summed E-state index contributed by atoms with van der Waals surface area (Å²) >= 11 is 0. The second-order valence-electron chi connectivity index (χ2n) is 3.57. The summed E-state index contributed by atoms with van der Waals surface area (Å²) in [7, 11) is 0. The Hall–Kier alpha value is -0.120. The Morgan fingerprint density at radius 3 is 3.08 bits per heavy atom. The molecule has 0 aromatic carbocycles. The Bertz CT molecular complexity index is 130. The third-order valence-corrected chi connectivity index (χ3v) is 2.65. The second-order valence-corrected chi connectivity index (χ2v) is 3.57. The van der Waals surface area contributed by atoms with Crippen molar-refractivity contribution in [3.63, 3.8) is 0 Å². The molecule has 78 valence electrons. The van der Waals surface area contributed by atoms with Gasteiger partial charge in [0.15, 0.2) is 0 Å². The molecule has 0 aliphatic carbocycles. The Labute approximate surface area is 80.7 Å². The molecule has 0 aromatic rings. The highest BCUT2D eigenvalue weighted by Crippen LogP contribution is 2.16. The van der Waals surface area contributed by atoms with E-state index in [2.05, 4.69) is 4.90 Å². The Morgan fingerprint density at radius 1 is 1.54 bits per heavy atom. The number of hydrogen-bond acceptors (Lipinski definition) is 3. The van der Waals surface area contributed by atoms with Gasteiger partial charge in [0.25, 0.3) is 0 Å². The summed E-state index contributed by atoms with van der Waals surface area (Å²) in [6.45, 7) is 6.22. The topological polar surface area (TPSA) is 32.7 Å². The van der Waals surface area contributed by atoms with E-state index in [0.717, 1.165) is 39.1 Å². The molecule has 1 fully saturated rings. The van der Waals surface area contributed by atoms with Gasteiger partial charge in [-0.25, -0.2) is 0 Å². The average Bonchev–Trinajstić information content (AvgIpc) is 2.60. The van der Waals surface area contributed by atoms with Crippen LogP contribution in [0.3, 0.4) is 0 Å². The lowest BCUT2D eigenvalue weighted by molar-refractivity contribution is 0.116. The van der Waals surface area contributed by atoms with Gasteiger partial charge in [-0.2, -0.15) is 0 Å². The van der Waals surface area contributed by atoms with Crippen LogP contribution in [0.15, 0.2) is 0 Å². The molecule has 1 N–H and O–H groups in total. The molecular weight excluding hydrogens is 166 g/mol. The van der Waals surface area contributed by atoms with Gasteiger partial charge in [0, 0.05) is 25.8 Å². The van der Waals surface area contributed by atoms with Crippen LogP contribution in [0.4, 0.5) is 0 Å². The van der Waals surface area contributed by atoms with Crippen LogP contribution in [0, 0.1) is 0 Å². The zero-order chi connectivity index (χ0) is 9.52. The van der Waals surface area contributed by atoms with E-state index in [1.807, 2.05) is 6.92 Å². The van der Waals surface area contributed by atoms with Gasteiger partial charge in [-0.1, -0.05) is 0 Å². The van der Waals surface area contributed by atoms with Gasteiger partial charge in [0.05, 0.1) is 6.61 Å². The highest BCUT2D eigenvalue weighted by molar-refractivity contribution is 4.77. The molecule has 0 amide bonds. The van der Waals surface area contributed by atoms with Crippen LogP contribution in [0.25, 0.3) is 0 Å². The van der Waals surface area contributed by atoms with Gasteiger partial charge in [-0.3, -0.25) is 4.90 Å². The zero-order valence-corrected chi connectivity index (χ0v) is 8.54. The van der Waals surface area contributed by atoms with Gasteiger partial charge < -0.3 is 9.84 Å². The highest BCUT2D eigenvalue weighted by Gasteiger charge is 2.22. The molecule has 1 aliphatic heterocycles. The maximum atomic E-state index is 9.07. The van der Waals surface area contributed by atoms with Crippen LogP contribution in [-0.4, -0.2) is 49.0 Å². The molecule has 0 saturated carbocycles. The Morgan fingerprint density at radius 2 is 2.38 bits per heavy atom. The van der Waals surface area contributed by atoms with Crippen molar-refractivity contribution in [2.45, 2.75) is 32.2 Å². The van der Waals surface area contributed by atoms with E-state index in [9.17, 15) is 0 Å². The van der Waals surface area contributed by atoms with Crippen molar-refractivity contribution >= 4 is 0 Å². The Kier molecular flexibility index (Phi) is 5.35. The first-order valence-electron chi connectivity index (χ1n) is 5.31. The lowest BCUT2D eigenvalue weighted by Crippen LogP contribution is -2.33. The summed E-state index contributed by atoms with van der Waals surface area (Å²) in [4.78, 5) is 2.37. The number of aliphatic hydroxyl groups excluding tert-OH is 1. The van der Waals surface area contributed by atoms with E-state index in [1.165, 1.54) is 6.42 Å². The molecule has 1 aliphatic rings. The SMILES string of the molecule is CCOCCCN1CCC[C@@H]1CO. The van der Waals surface area contributed by atoms with Crippen LogP contribution < -0.4 is 0 Å². The summed E-state index contributed by atoms with van der Waals surface area (Å²) in [5, 5.41) is 9.07. The smallest absolute Gasteiger partial charge is 0.0586 e. The van der Waals surface area contributed by atoms with Gasteiger partial charge in [0.2, 0.25) is 0 Å². The fourth-order valence-corrected chi connectivity index (χ4v) is 1.91. The van der Waals surface area contributed by atoms with Gasteiger partial charge in [0.1, 0.15) is 0 Å². The van der Waals surface area contributed by atoms with Crippen molar-refractivity contribution in [2.75, 3.05) is 32.9 Å². The summed E-state index contributed by atoms with van der Waals surface area (Å²) in [6.07, 6.45) is 3.48. The second kappa shape index (κ2) is 6.35. The van der Waals surface area contributed by atoms with E-state index in [-0.39, 0.29) is 0 Å². The summed E-state index contributed by atoms with van der Waals surface area (Å²) in [5.41, 5.74) is 0. The molecule has 1 rings (SSSR count). The third kappa shape index (κ3) is 3.63. The third-order valence-electron chi connectivity index (χ3n) is 2.65. The van der Waals surface area contributed by atoms with E-state index < -0.39 is 0 Å². The summed E-state index contributed by atoms with van der Waals surface area (Å²) in [6, 6.07) is 0.418. The number of nitrogens with zero attached hydrogens (tertiary/aromatic N) is 1. The van der Waals surface area contributed by atoms with E-state index in [1.54, 1.807) is 0 Å². The van der Waals surface area contributed by atoms with Gasteiger partial charge in [-0.05, 0) is 32.7 Å². The van der Waals surface area contributed by atoms with Crippen molar-refractivity contribution in [3.05, 3.63) is 0 Å². The van der Waals surface area contributed by atoms with Crippen LogP contribution in [0.1, 0.15) is 26.2 Å². The maximum Gasteiger partial charge on any atom is 0.0586 e. The van der Waals surface area contributed by atoms with E-state index in [4.69, 9.17) is 9.84 Å². The molecule has 3 nitrogen and oxygen atoms in total. The molecule has 0 radical (unpaired) electrons. The Balaban J connectivity index is 2.06. The summed E-state index contributed by atoms with van der Waals surface area (Å²) < 4.78 is 5.27. The van der Waals surface area contributed by atoms with Gasteiger partial charge >= 0.3 is 0 Å². The highest BCUT2D eigenvalue weighted by atomic mass is 16.5. The van der Waals surface area contributed by atoms with Crippen molar-refractivity contribution < 1.29 is 9.84 Å². The van der Waals surface area contributed by atoms with Crippen LogP contribution in [-0.2, 0) is 4.74 Å². The fraction of sp³-hybridized carbons (Fsp3) is 1.00. The number of rotatable bonds is 6. The standard InChI is InChI=1S/C10H21NO2/c1-2-13-8-4-7-11-6-3-5-10(11)9-12/h10,12H,2-9H2,1H3/t10-/m1/s1. The molecular formula is C10H21NO2. The molecule has 0 unspecified atom stereocenters. The molecule has 1 atom stereocenters. The minimum atomic E-state index is 0.314. The molecule has 13 heavy (non-hydrogen) atoms. The van der Waals surface area contributed by atoms with Crippen LogP contribution in [0.5, 0.6) is 0 Å². The summed E-state index contributed by atoms with van der Waals surface area (Å²) in [5.74, 6) is 0. The van der Waals surface area contributed by atoms with Crippen molar-refractivity contribution in [2.24, 2.45) is 0 Å². The first-order valence-corrected chi connectivity index (χ1v) is 5.31. The van der Waals surface area contributed by atoms with Crippen LogP contribution >= 0.6 is 0 Å². The normalized spacial score (nSPS) is 24.0. The molecule has 0 bridgehead atoms. The fourth-order valence-electron chi connectivity index (χ4n) is 1.91. The lowest BCUT2D eigenvalue weighted by atomic mass is 10.2. The predicted molar refractivity (Wildman–Crippen MR) is 52.8 cm³/mol. The lowest BCUT2D eigenvalue weighted by Gasteiger charge is -2.22. The predicted octanol–water partition coefficient (Wildman–Crippen LogP) is 0.870. The van der Waals surface area contributed by atoms with Gasteiger partial charge in [-0.15, -0.1) is 0 Å². The zero-order valence-electron chi connectivity index (χ0n) is 8.54. The molecule has 3 heteroatoms. The number of hydrogen-bond donors (Lipinski definition) is 1. The molecule has 1 heterocycles. The number of aliphatic hydroxyl groups is 1. The largest absolute Gasteiger partial charge is 0.395 e. The first kappa shape index (κ1) is 11.0. The number of ether oxygens (including phenoxy) is 1. The quantitative estimate of drug-likeness (QED) is 0.626. The first-order chi connectivity index (χ1) is 6.38. The van der Waals surface area contributed by atoms with Crippen LogP contribution in [0.2, 0.25) is 0 Å². The van der Waals surface area contributed by atoms with E-state index in [0.29, 0.717) is 12.6 Å². The average molecular weight is 187 g/mol. The monoisotopic (exact) mass is 187 g/mol. The maximum absolute atomic E-state index is 9.07. The van der Waals surface area contributed by atoms with Crippen molar-refractivity contribution in [1.82, 2.24) is 4.90 Å². The van der Waals surface area contributed by atoms with Crippen molar-refractivity contribution in [1.29, 1.82) is 0 Å². The minimum absolute atomic E-state index is 0.314. The number of likely N-dealkylation sites (tertiary alicyclic amines) is 1. The minimum Gasteiger partial charge on any atom is -0.395 e. The molecule has 0 spiro atoms. The van der Waals surface area contributed by atoms with Crippen molar-refractivity contribution in [3.8, 4) is 0 Å².